The molecule has 5 rings (SSSR count). The first-order chi connectivity index (χ1) is 18.4. The number of carbonyl (C=O) groups excluding carboxylic acids is 2. The van der Waals surface area contributed by atoms with Crippen molar-refractivity contribution in [1.29, 1.82) is 5.26 Å². The molecule has 0 aliphatic carbocycles. The highest BCUT2D eigenvalue weighted by molar-refractivity contribution is 5.95. The van der Waals surface area contributed by atoms with Crippen molar-refractivity contribution >= 4 is 29.5 Å². The molecular formula is C27H30N8O4. The highest BCUT2D eigenvalue weighted by Gasteiger charge is 2.44. The molecule has 12 heteroatoms. The summed E-state index contributed by atoms with van der Waals surface area (Å²) in [4.78, 5) is 37.0. The summed E-state index contributed by atoms with van der Waals surface area (Å²) in [6.07, 6.45) is 1.02. The second-order valence-corrected chi connectivity index (χ2v) is 11.1. The first-order valence-electron chi connectivity index (χ1n) is 12.5. The average molecular weight is 531 g/mol. The van der Waals surface area contributed by atoms with Gasteiger partial charge in [-0.05, 0) is 44.5 Å². The Morgan fingerprint density at radius 1 is 1.28 bits per heavy atom. The smallest absolute Gasteiger partial charge is 0.414 e. The van der Waals surface area contributed by atoms with E-state index in [4.69, 9.17) is 4.74 Å². The maximum Gasteiger partial charge on any atom is 0.414 e. The topological polar surface area (TPSA) is 150 Å². The maximum atomic E-state index is 13.0. The molecule has 0 bridgehead atoms. The first-order valence-corrected chi connectivity index (χ1v) is 12.5. The number of rotatable bonds is 4. The molecule has 0 spiro atoms. The van der Waals surface area contributed by atoms with Crippen molar-refractivity contribution in [2.24, 2.45) is 0 Å². The van der Waals surface area contributed by atoms with E-state index in [0.717, 1.165) is 5.69 Å². The van der Waals surface area contributed by atoms with E-state index in [2.05, 4.69) is 26.5 Å². The zero-order valence-corrected chi connectivity index (χ0v) is 22.5. The third-order valence-electron chi connectivity index (χ3n) is 6.78. The number of nitrogens with zero attached hydrogens (tertiary/aromatic N) is 7. The SMILES string of the molecule is CN1Cc2cc(Nc3nccc(-c4cc(C#N)c5c(c4)C(C)(CO)CN5C(=O)OC(C)(C)C)n3)nn2CC1=O. The van der Waals surface area contributed by atoms with Gasteiger partial charge in [-0.1, -0.05) is 6.92 Å². The molecule has 1 atom stereocenters. The Labute approximate surface area is 225 Å². The number of hydrogen-bond acceptors (Lipinski definition) is 9. The number of aliphatic hydroxyl groups excluding tert-OH is 1. The van der Waals surface area contributed by atoms with Crippen LogP contribution >= 0.6 is 0 Å². The number of fused-ring (bicyclic) bond motifs is 2. The van der Waals surface area contributed by atoms with Crippen molar-refractivity contribution in [3.8, 4) is 17.3 Å². The summed E-state index contributed by atoms with van der Waals surface area (Å²) in [5.74, 6) is 0.792. The molecule has 2 aliphatic heterocycles. The van der Waals surface area contributed by atoms with Crippen LogP contribution in [0.3, 0.4) is 0 Å². The zero-order valence-electron chi connectivity index (χ0n) is 22.5. The minimum Gasteiger partial charge on any atom is -0.443 e. The standard InChI is InChI=1S/C27H30N8O4/c1-26(2,3)39-25(38)34-14-27(4,15-36)19-9-16(8-17(11-28)23(19)34)20-6-7-29-24(30-20)31-21-10-18-12-33(5)22(37)13-35(18)32-21/h6-10,36H,12-15H2,1-5H3,(H,29,30,31,32). The molecule has 1 unspecified atom stereocenters. The second-order valence-electron chi connectivity index (χ2n) is 11.1. The lowest BCUT2D eigenvalue weighted by Gasteiger charge is -2.26. The number of aliphatic hydroxyl groups is 1. The Bertz CT molecular complexity index is 1520. The number of hydrogen-bond donors (Lipinski definition) is 2. The van der Waals surface area contributed by atoms with Crippen LogP contribution in [-0.4, -0.2) is 67.6 Å². The normalized spacial score (nSPS) is 18.4. The van der Waals surface area contributed by atoms with E-state index >= 15 is 0 Å². The summed E-state index contributed by atoms with van der Waals surface area (Å²) >= 11 is 0. The van der Waals surface area contributed by atoms with Crippen LogP contribution < -0.4 is 10.2 Å². The molecule has 0 saturated carbocycles. The number of anilines is 3. The van der Waals surface area contributed by atoms with Crippen molar-refractivity contribution in [2.75, 3.05) is 30.4 Å². The van der Waals surface area contributed by atoms with Crippen LogP contribution in [0.1, 0.15) is 44.5 Å². The van der Waals surface area contributed by atoms with Gasteiger partial charge in [-0.2, -0.15) is 10.4 Å². The molecule has 12 nitrogen and oxygen atoms in total. The number of nitriles is 1. The van der Waals surface area contributed by atoms with Gasteiger partial charge in [0.1, 0.15) is 18.2 Å². The third kappa shape index (κ3) is 4.88. The fraction of sp³-hybridized carbons (Fsp3) is 0.407. The van der Waals surface area contributed by atoms with Crippen molar-refractivity contribution in [3.63, 3.8) is 0 Å². The number of nitrogens with one attached hydrogen (secondary N) is 1. The Balaban J connectivity index is 1.49. The monoisotopic (exact) mass is 530 g/mol. The molecule has 0 fully saturated rings. The number of likely N-dealkylation sites (N-methyl/N-ethyl adjacent to an activating group) is 1. The van der Waals surface area contributed by atoms with Gasteiger partial charge >= 0.3 is 6.09 Å². The number of benzene rings is 1. The molecule has 4 heterocycles. The Hall–Kier alpha value is -4.50. The van der Waals surface area contributed by atoms with Gasteiger partial charge in [-0.25, -0.2) is 14.8 Å². The molecule has 1 aromatic carbocycles. The molecular weight excluding hydrogens is 500 g/mol. The van der Waals surface area contributed by atoms with Gasteiger partial charge in [0.2, 0.25) is 11.9 Å². The van der Waals surface area contributed by atoms with Crippen molar-refractivity contribution in [3.05, 3.63) is 47.3 Å². The molecule has 0 radical (unpaired) electrons. The van der Waals surface area contributed by atoms with E-state index < -0.39 is 17.1 Å². The first kappa shape index (κ1) is 26.1. The van der Waals surface area contributed by atoms with E-state index in [1.165, 1.54) is 4.90 Å². The predicted octanol–water partition coefficient (Wildman–Crippen LogP) is 2.93. The Kier molecular flexibility index (Phi) is 6.27. The fourth-order valence-electron chi connectivity index (χ4n) is 4.79. The summed E-state index contributed by atoms with van der Waals surface area (Å²) in [7, 11) is 1.75. The number of aromatic nitrogens is 4. The molecule has 2 amide bonds. The summed E-state index contributed by atoms with van der Waals surface area (Å²) in [5, 5.41) is 27.9. The van der Waals surface area contributed by atoms with Gasteiger partial charge in [0.25, 0.3) is 0 Å². The molecule has 39 heavy (non-hydrogen) atoms. The Morgan fingerprint density at radius 2 is 2.05 bits per heavy atom. The van der Waals surface area contributed by atoms with Gasteiger partial charge in [-0.15, -0.1) is 0 Å². The summed E-state index contributed by atoms with van der Waals surface area (Å²) in [5.41, 5.74) is 1.92. The van der Waals surface area contributed by atoms with Gasteiger partial charge in [0.15, 0.2) is 5.82 Å². The van der Waals surface area contributed by atoms with Crippen LogP contribution in [-0.2, 0) is 28.0 Å². The van der Waals surface area contributed by atoms with E-state index in [1.807, 2.05) is 19.1 Å². The maximum absolute atomic E-state index is 13.0. The number of carbonyl (C=O) groups is 2. The summed E-state index contributed by atoms with van der Waals surface area (Å²) < 4.78 is 7.24. The summed E-state index contributed by atoms with van der Waals surface area (Å²) in [6.45, 7) is 7.75. The van der Waals surface area contributed by atoms with Gasteiger partial charge < -0.3 is 20.1 Å². The number of amides is 2. The van der Waals surface area contributed by atoms with Crippen molar-refractivity contribution in [1.82, 2.24) is 24.6 Å². The van der Waals surface area contributed by atoms with Gasteiger partial charge in [-0.3, -0.25) is 14.4 Å². The van der Waals surface area contributed by atoms with E-state index in [0.29, 0.717) is 40.8 Å². The molecule has 2 N–H and O–H groups in total. The lowest BCUT2D eigenvalue weighted by molar-refractivity contribution is -0.132. The van der Waals surface area contributed by atoms with Crippen LogP contribution in [0.4, 0.5) is 22.2 Å². The molecule has 2 aromatic heterocycles. The van der Waals surface area contributed by atoms with E-state index in [-0.39, 0.29) is 31.2 Å². The highest BCUT2D eigenvalue weighted by Crippen LogP contribution is 2.45. The van der Waals surface area contributed by atoms with Crippen LogP contribution in [0.2, 0.25) is 0 Å². The largest absolute Gasteiger partial charge is 0.443 e. The minimum atomic E-state index is -0.804. The quantitative estimate of drug-likeness (QED) is 0.519. The molecule has 3 aromatic rings. The molecule has 2 aliphatic rings. The van der Waals surface area contributed by atoms with E-state index in [9.17, 15) is 20.0 Å². The lowest BCUT2D eigenvalue weighted by Crippen LogP contribution is -2.40. The second kappa shape index (κ2) is 9.36. The van der Waals surface area contributed by atoms with Crippen LogP contribution in [0, 0.1) is 11.3 Å². The van der Waals surface area contributed by atoms with Gasteiger partial charge in [0.05, 0.1) is 35.8 Å². The Morgan fingerprint density at radius 3 is 2.74 bits per heavy atom. The third-order valence-corrected chi connectivity index (χ3v) is 6.78. The van der Waals surface area contributed by atoms with Gasteiger partial charge in [0, 0.05) is 36.8 Å². The van der Waals surface area contributed by atoms with Crippen molar-refractivity contribution in [2.45, 2.75) is 51.8 Å². The van der Waals surface area contributed by atoms with E-state index in [1.54, 1.807) is 55.7 Å². The van der Waals surface area contributed by atoms with Crippen LogP contribution in [0.5, 0.6) is 0 Å². The van der Waals surface area contributed by atoms with Crippen LogP contribution in [0.25, 0.3) is 11.3 Å². The molecule has 202 valence electrons. The number of ether oxygens (including phenoxy) is 1. The van der Waals surface area contributed by atoms with Crippen molar-refractivity contribution < 1.29 is 19.4 Å². The molecule has 0 saturated heterocycles. The minimum absolute atomic E-state index is 0.0135. The highest BCUT2D eigenvalue weighted by atomic mass is 16.6. The van der Waals surface area contributed by atoms with Crippen LogP contribution in [0.15, 0.2) is 30.5 Å². The predicted molar refractivity (Wildman–Crippen MR) is 142 cm³/mol. The fourth-order valence-corrected chi connectivity index (χ4v) is 4.79. The zero-order chi connectivity index (χ0) is 28.1. The average Bonchev–Trinajstić information content (AvgIpc) is 3.40. The summed E-state index contributed by atoms with van der Waals surface area (Å²) in [6, 6.07) is 9.28. The lowest BCUT2D eigenvalue weighted by atomic mass is 9.83.